The molecule has 0 heterocycles. The standard InChI is InChI=1S/C14H22O6/c1-9(15)13(20-8-16-2)10-6-11(17-3)14(19-5)12(7-10)18-4/h6-7,9,13,15H,8H2,1-5H3/t9-,13-/m0/s1. The van der Waals surface area contributed by atoms with E-state index < -0.39 is 12.2 Å². The predicted octanol–water partition coefficient (Wildman–Crippen LogP) is 1.75. The van der Waals surface area contributed by atoms with Crippen LogP contribution in [0.15, 0.2) is 12.1 Å². The van der Waals surface area contributed by atoms with Gasteiger partial charge in [0, 0.05) is 7.11 Å². The van der Waals surface area contributed by atoms with Gasteiger partial charge in [0.25, 0.3) is 0 Å². The Labute approximate surface area is 119 Å². The Kier molecular flexibility index (Phi) is 6.57. The van der Waals surface area contributed by atoms with E-state index in [1.54, 1.807) is 19.1 Å². The molecule has 2 atom stereocenters. The van der Waals surface area contributed by atoms with Crippen LogP contribution in [-0.2, 0) is 9.47 Å². The summed E-state index contributed by atoms with van der Waals surface area (Å²) in [4.78, 5) is 0. The Hall–Kier alpha value is -1.50. The summed E-state index contributed by atoms with van der Waals surface area (Å²) in [7, 11) is 6.13. The Balaban J connectivity index is 3.21. The summed E-state index contributed by atoms with van der Waals surface area (Å²) in [5.41, 5.74) is 0.714. The molecule has 0 saturated heterocycles. The van der Waals surface area contributed by atoms with Crippen molar-refractivity contribution >= 4 is 0 Å². The van der Waals surface area contributed by atoms with Crippen LogP contribution >= 0.6 is 0 Å². The lowest BCUT2D eigenvalue weighted by atomic mass is 10.0. The molecule has 6 heteroatoms. The van der Waals surface area contributed by atoms with Crippen LogP contribution < -0.4 is 14.2 Å². The van der Waals surface area contributed by atoms with Crippen molar-refractivity contribution in [3.05, 3.63) is 17.7 Å². The first-order valence-corrected chi connectivity index (χ1v) is 6.17. The minimum atomic E-state index is -0.715. The molecule has 0 spiro atoms. The van der Waals surface area contributed by atoms with Crippen molar-refractivity contribution in [2.24, 2.45) is 0 Å². The number of benzene rings is 1. The highest BCUT2D eigenvalue weighted by molar-refractivity contribution is 5.54. The van der Waals surface area contributed by atoms with Crippen LogP contribution in [0.1, 0.15) is 18.6 Å². The highest BCUT2D eigenvalue weighted by Gasteiger charge is 2.22. The Morgan fingerprint density at radius 3 is 1.90 bits per heavy atom. The Morgan fingerprint density at radius 1 is 1.00 bits per heavy atom. The normalized spacial score (nSPS) is 13.7. The van der Waals surface area contributed by atoms with Gasteiger partial charge < -0.3 is 28.8 Å². The van der Waals surface area contributed by atoms with Gasteiger partial charge in [-0.1, -0.05) is 0 Å². The molecule has 0 aliphatic rings. The molecule has 0 aliphatic heterocycles. The minimum Gasteiger partial charge on any atom is -0.493 e. The first kappa shape index (κ1) is 16.6. The number of hydrogen-bond donors (Lipinski definition) is 1. The second-order valence-corrected chi connectivity index (χ2v) is 4.19. The van der Waals surface area contributed by atoms with Gasteiger partial charge in [-0.15, -0.1) is 0 Å². The molecule has 6 nitrogen and oxygen atoms in total. The second kappa shape index (κ2) is 7.94. The van der Waals surface area contributed by atoms with E-state index in [1.807, 2.05) is 0 Å². The van der Waals surface area contributed by atoms with E-state index in [-0.39, 0.29) is 6.79 Å². The Morgan fingerprint density at radius 2 is 1.55 bits per heavy atom. The molecule has 20 heavy (non-hydrogen) atoms. The predicted molar refractivity (Wildman–Crippen MR) is 73.5 cm³/mol. The molecular weight excluding hydrogens is 264 g/mol. The number of hydrogen-bond acceptors (Lipinski definition) is 6. The summed E-state index contributed by atoms with van der Waals surface area (Å²) in [5, 5.41) is 9.85. The molecule has 1 aromatic rings. The van der Waals surface area contributed by atoms with Gasteiger partial charge in [0.15, 0.2) is 11.5 Å². The zero-order chi connectivity index (χ0) is 15.1. The fourth-order valence-corrected chi connectivity index (χ4v) is 1.92. The fourth-order valence-electron chi connectivity index (χ4n) is 1.92. The smallest absolute Gasteiger partial charge is 0.203 e. The average Bonchev–Trinajstić information content (AvgIpc) is 2.45. The first-order chi connectivity index (χ1) is 9.58. The van der Waals surface area contributed by atoms with Gasteiger partial charge in [-0.25, -0.2) is 0 Å². The van der Waals surface area contributed by atoms with Crippen molar-refractivity contribution in [1.29, 1.82) is 0 Å². The average molecular weight is 286 g/mol. The maximum Gasteiger partial charge on any atom is 0.203 e. The number of aliphatic hydroxyl groups is 1. The first-order valence-electron chi connectivity index (χ1n) is 6.17. The summed E-state index contributed by atoms with van der Waals surface area (Å²) >= 11 is 0. The quantitative estimate of drug-likeness (QED) is 0.734. The van der Waals surface area contributed by atoms with Gasteiger partial charge in [-0.2, -0.15) is 0 Å². The summed E-state index contributed by atoms with van der Waals surface area (Å²) in [6.45, 7) is 1.72. The van der Waals surface area contributed by atoms with Crippen LogP contribution in [0.4, 0.5) is 0 Å². The highest BCUT2D eigenvalue weighted by Crippen LogP contribution is 2.40. The third-order valence-electron chi connectivity index (χ3n) is 2.82. The van der Waals surface area contributed by atoms with Crippen LogP contribution in [-0.4, -0.2) is 46.4 Å². The van der Waals surface area contributed by atoms with E-state index in [4.69, 9.17) is 23.7 Å². The molecule has 0 unspecified atom stereocenters. The van der Waals surface area contributed by atoms with Crippen molar-refractivity contribution in [2.75, 3.05) is 35.2 Å². The molecule has 0 amide bonds. The topological polar surface area (TPSA) is 66.4 Å². The second-order valence-electron chi connectivity index (χ2n) is 4.19. The molecule has 1 aromatic carbocycles. The zero-order valence-electron chi connectivity index (χ0n) is 12.5. The van der Waals surface area contributed by atoms with Gasteiger partial charge >= 0.3 is 0 Å². The zero-order valence-corrected chi connectivity index (χ0v) is 12.5. The van der Waals surface area contributed by atoms with Crippen LogP contribution in [0.3, 0.4) is 0 Å². The summed E-state index contributed by atoms with van der Waals surface area (Å²) in [6, 6.07) is 3.49. The van der Waals surface area contributed by atoms with Gasteiger partial charge in [-0.3, -0.25) is 0 Å². The number of methoxy groups -OCH3 is 4. The monoisotopic (exact) mass is 286 g/mol. The molecule has 1 N–H and O–H groups in total. The number of rotatable bonds is 8. The number of ether oxygens (including phenoxy) is 5. The van der Waals surface area contributed by atoms with E-state index in [2.05, 4.69) is 0 Å². The SMILES string of the molecule is COCO[C@H](c1cc(OC)c(OC)c(OC)c1)[C@H](C)O. The van der Waals surface area contributed by atoms with E-state index >= 15 is 0 Å². The number of aliphatic hydroxyl groups excluding tert-OH is 1. The molecule has 0 aliphatic carbocycles. The van der Waals surface area contributed by atoms with Crippen molar-refractivity contribution in [3.8, 4) is 17.2 Å². The molecule has 0 radical (unpaired) electrons. The van der Waals surface area contributed by atoms with Gasteiger partial charge in [-0.05, 0) is 24.6 Å². The lowest BCUT2D eigenvalue weighted by Crippen LogP contribution is -2.19. The molecule has 0 saturated carbocycles. The minimum absolute atomic E-state index is 0.0756. The summed E-state index contributed by atoms with van der Waals surface area (Å²) in [6.07, 6.45) is -1.27. The van der Waals surface area contributed by atoms with Crippen LogP contribution in [0.2, 0.25) is 0 Å². The molecule has 114 valence electrons. The largest absolute Gasteiger partial charge is 0.493 e. The van der Waals surface area contributed by atoms with Crippen molar-refractivity contribution in [2.45, 2.75) is 19.1 Å². The molecule has 1 rings (SSSR count). The van der Waals surface area contributed by atoms with Crippen LogP contribution in [0.25, 0.3) is 0 Å². The summed E-state index contributed by atoms with van der Waals surface area (Å²) < 4.78 is 26.2. The highest BCUT2D eigenvalue weighted by atomic mass is 16.7. The lowest BCUT2D eigenvalue weighted by molar-refractivity contribution is -0.110. The third-order valence-corrected chi connectivity index (χ3v) is 2.82. The molecule has 0 fully saturated rings. The van der Waals surface area contributed by atoms with Gasteiger partial charge in [0.1, 0.15) is 12.9 Å². The molecular formula is C14H22O6. The van der Waals surface area contributed by atoms with Crippen molar-refractivity contribution in [3.63, 3.8) is 0 Å². The van der Waals surface area contributed by atoms with Gasteiger partial charge in [0.2, 0.25) is 5.75 Å². The van der Waals surface area contributed by atoms with E-state index in [9.17, 15) is 5.11 Å². The van der Waals surface area contributed by atoms with Crippen molar-refractivity contribution < 1.29 is 28.8 Å². The summed E-state index contributed by atoms with van der Waals surface area (Å²) in [5.74, 6) is 1.51. The van der Waals surface area contributed by atoms with E-state index in [0.29, 0.717) is 22.8 Å². The fraction of sp³-hybridized carbons (Fsp3) is 0.571. The van der Waals surface area contributed by atoms with Crippen molar-refractivity contribution in [1.82, 2.24) is 0 Å². The molecule has 0 bridgehead atoms. The van der Waals surface area contributed by atoms with E-state index in [1.165, 1.54) is 28.4 Å². The third kappa shape index (κ3) is 3.75. The molecule has 0 aromatic heterocycles. The van der Waals surface area contributed by atoms with Gasteiger partial charge in [0.05, 0.1) is 27.4 Å². The van der Waals surface area contributed by atoms with Crippen LogP contribution in [0.5, 0.6) is 17.2 Å². The maximum atomic E-state index is 9.85. The Bertz CT molecular complexity index is 393. The lowest BCUT2D eigenvalue weighted by Gasteiger charge is -2.22. The van der Waals surface area contributed by atoms with E-state index in [0.717, 1.165) is 0 Å². The van der Waals surface area contributed by atoms with Crippen LogP contribution in [0, 0.1) is 0 Å². The maximum absolute atomic E-state index is 9.85.